The van der Waals surface area contributed by atoms with E-state index in [0.717, 1.165) is 9.88 Å². The Morgan fingerprint density at radius 3 is 1.68 bits per heavy atom. The topological polar surface area (TPSA) is 0 Å². The van der Waals surface area contributed by atoms with Gasteiger partial charge >= 0.3 is 102 Å². The number of fused-ring (bicyclic) bond motifs is 10. The van der Waals surface area contributed by atoms with Crippen LogP contribution in [0.4, 0.5) is 0 Å². The second-order valence-corrected chi connectivity index (χ2v) is 35.0. The molecule has 11 rings (SSSR count). The first-order valence-corrected chi connectivity index (χ1v) is 14.2. The maximum absolute atomic E-state index is 5.54. The molecule has 10 aliphatic heterocycles. The van der Waals surface area contributed by atoms with Crippen LogP contribution in [0.1, 0.15) is 11.1 Å². The number of benzene rings is 1. The SMILES string of the molecule is C#Cc1ccc([C]23[CH]4[CH]5[CH]6[CH]2[Fe]56432789[CH]3[CH]2[CH]7[CH]8[CH]39)cc1. The van der Waals surface area contributed by atoms with Crippen molar-refractivity contribution in [2.75, 3.05) is 0 Å². The second kappa shape index (κ2) is 0.589. The Labute approximate surface area is 102 Å². The standard InChI is InChI=1S/C13H9.C5H5.Fe/c1-2-11-7-9-13(10-8-11)12-5-3-4-6-12;1-2-4-5-3-1;/h1,3-10H;1-5H;. The third kappa shape index (κ3) is 0.0763. The molecule has 1 spiro atoms. The van der Waals surface area contributed by atoms with Crippen LogP contribution < -0.4 is 0 Å². The van der Waals surface area contributed by atoms with Gasteiger partial charge in [-0.1, -0.05) is 0 Å². The van der Waals surface area contributed by atoms with Gasteiger partial charge in [-0.25, -0.2) is 0 Å². The van der Waals surface area contributed by atoms with Crippen molar-refractivity contribution in [3.05, 3.63) is 35.4 Å². The summed E-state index contributed by atoms with van der Waals surface area (Å²) in [6.07, 6.45) is 5.54. The molecule has 0 radical (unpaired) electrons. The third-order valence-electron chi connectivity index (χ3n) is 16.2. The van der Waals surface area contributed by atoms with Crippen LogP contribution in [0, 0.1) is 12.3 Å². The summed E-state index contributed by atoms with van der Waals surface area (Å²) in [5.41, 5.74) is 2.88. The molecule has 1 heteroatoms. The van der Waals surface area contributed by atoms with Gasteiger partial charge in [-0.3, -0.25) is 0 Å². The third-order valence-corrected chi connectivity index (χ3v) is 58.5. The number of terminal acetylenes is 1. The molecule has 0 bridgehead atoms. The van der Waals surface area contributed by atoms with E-state index in [1.54, 1.807) is 5.56 Å². The van der Waals surface area contributed by atoms with Gasteiger partial charge in [0.1, 0.15) is 0 Å². The normalized spacial score (nSPS) is 107. The molecular weight excluding hydrogens is 272 g/mol. The zero-order chi connectivity index (χ0) is 11.7. The molecule has 0 N–H and O–H groups in total. The minimum atomic E-state index is -2.90. The van der Waals surface area contributed by atoms with Crippen LogP contribution >= 0.6 is 0 Å². The fourth-order valence-electron chi connectivity index (χ4n) is 17.8. The van der Waals surface area contributed by atoms with Crippen LogP contribution in [-0.4, -0.2) is 0 Å². The van der Waals surface area contributed by atoms with Crippen LogP contribution in [0.2, 0.25) is 43.3 Å². The molecule has 4 unspecified atom stereocenters. The maximum atomic E-state index is 5.54. The van der Waals surface area contributed by atoms with Crippen LogP contribution in [0.3, 0.4) is 0 Å². The Morgan fingerprint density at radius 1 is 0.842 bits per heavy atom. The van der Waals surface area contributed by atoms with Crippen molar-refractivity contribution in [2.24, 2.45) is 0 Å². The van der Waals surface area contributed by atoms with E-state index in [2.05, 4.69) is 30.2 Å². The van der Waals surface area contributed by atoms with Crippen LogP contribution in [0.25, 0.3) is 0 Å². The van der Waals surface area contributed by atoms with Gasteiger partial charge in [0, 0.05) is 0 Å². The van der Waals surface area contributed by atoms with Gasteiger partial charge in [0.2, 0.25) is 0 Å². The Balaban J connectivity index is 1.47. The van der Waals surface area contributed by atoms with Gasteiger partial charge in [-0.2, -0.15) is 0 Å². The molecule has 94 valence electrons. The number of hydrogen-bond donors (Lipinski definition) is 0. The average molecular weight is 286 g/mol. The number of hydrogen-bond acceptors (Lipinski definition) is 0. The van der Waals surface area contributed by atoms with E-state index in [-0.39, 0.29) is 0 Å². The summed E-state index contributed by atoms with van der Waals surface area (Å²) in [5, 5.41) is 0. The fraction of sp³-hybridized carbons (Fsp3) is 0.556. The Morgan fingerprint density at radius 2 is 1.37 bits per heavy atom. The molecule has 1 aromatic rings. The molecule has 10 heterocycles. The van der Waals surface area contributed by atoms with Crippen molar-refractivity contribution in [3.63, 3.8) is 0 Å². The van der Waals surface area contributed by atoms with Crippen LogP contribution in [0.15, 0.2) is 24.3 Å². The number of rotatable bonds is 1. The summed E-state index contributed by atoms with van der Waals surface area (Å²) in [4.78, 5) is 12.8. The molecule has 0 amide bonds. The molecule has 0 aliphatic carbocycles. The van der Waals surface area contributed by atoms with Gasteiger partial charge in [0.05, 0.1) is 0 Å². The van der Waals surface area contributed by atoms with Crippen molar-refractivity contribution in [1.29, 1.82) is 0 Å². The first-order chi connectivity index (χ1) is 9.08. The van der Waals surface area contributed by atoms with Gasteiger partial charge in [-0.15, -0.1) is 0 Å². The fourth-order valence-corrected chi connectivity index (χ4v) is 92.1. The summed E-state index contributed by atoms with van der Waals surface area (Å²) in [5.74, 6) is 2.80. The van der Waals surface area contributed by atoms with Gasteiger partial charge in [0.15, 0.2) is 0 Å². The molecular formula is C18H14Fe. The first kappa shape index (κ1) is 6.84. The predicted octanol–water partition coefficient (Wildman–Crippen LogP) is 4.46. The Kier molecular flexibility index (Phi) is 0.212. The molecule has 10 fully saturated rings. The quantitative estimate of drug-likeness (QED) is 0.528. The molecule has 1 aromatic carbocycles. The van der Waals surface area contributed by atoms with E-state index in [1.165, 1.54) is 43.3 Å². The minimum absolute atomic E-state index is 0.909. The zero-order valence-electron chi connectivity index (χ0n) is 10.4. The molecule has 10 aliphatic rings. The van der Waals surface area contributed by atoms with E-state index in [4.69, 9.17) is 6.42 Å². The summed E-state index contributed by atoms with van der Waals surface area (Å²) >= 11 is 0. The first-order valence-electron chi connectivity index (χ1n) is 7.87. The van der Waals surface area contributed by atoms with Crippen molar-refractivity contribution in [3.8, 4) is 12.3 Å². The van der Waals surface area contributed by atoms with Crippen molar-refractivity contribution in [2.45, 2.75) is 47.7 Å². The molecule has 0 aromatic heterocycles. The summed E-state index contributed by atoms with van der Waals surface area (Å²) in [6, 6.07) is 9.41. The molecule has 19 heavy (non-hydrogen) atoms. The zero-order valence-corrected chi connectivity index (χ0v) is 11.5. The van der Waals surface area contributed by atoms with Crippen molar-refractivity contribution >= 4 is 0 Å². The Hall–Kier alpha value is -0.701. The van der Waals surface area contributed by atoms with Gasteiger partial charge in [-0.05, 0) is 0 Å². The van der Waals surface area contributed by atoms with E-state index in [0.29, 0.717) is 0 Å². The molecule has 10 saturated heterocycles. The summed E-state index contributed by atoms with van der Waals surface area (Å²) < 4.78 is 0.909. The van der Waals surface area contributed by atoms with Crippen molar-refractivity contribution in [1.82, 2.24) is 0 Å². The van der Waals surface area contributed by atoms with Gasteiger partial charge < -0.3 is 0 Å². The average Bonchev–Trinajstić information content (AvgIpc) is 3.39. The molecule has 0 nitrogen and oxygen atoms in total. The second-order valence-electron chi connectivity index (χ2n) is 11.4. The predicted molar refractivity (Wildman–Crippen MR) is 69.8 cm³/mol. The molecule has 0 saturated carbocycles. The van der Waals surface area contributed by atoms with E-state index >= 15 is 0 Å². The van der Waals surface area contributed by atoms with Crippen LogP contribution in [-0.2, 0) is 10.8 Å². The summed E-state index contributed by atoms with van der Waals surface area (Å²) in [7, 11) is 0. The summed E-state index contributed by atoms with van der Waals surface area (Å²) in [6.45, 7) is -2.90. The van der Waals surface area contributed by atoms with E-state index < -0.39 is 6.51 Å². The van der Waals surface area contributed by atoms with Crippen molar-refractivity contribution < 1.29 is 6.51 Å². The van der Waals surface area contributed by atoms with Crippen LogP contribution in [0.5, 0.6) is 0 Å². The van der Waals surface area contributed by atoms with Gasteiger partial charge in [0.25, 0.3) is 0 Å². The van der Waals surface area contributed by atoms with E-state index in [1.807, 2.05) is 0 Å². The van der Waals surface area contributed by atoms with E-state index in [9.17, 15) is 0 Å². The Bertz CT molecular complexity index is 1150. The monoisotopic (exact) mass is 286 g/mol. The molecule has 4 atom stereocenters.